The van der Waals surface area contributed by atoms with Crippen LogP contribution in [-0.4, -0.2) is 105 Å². The number of hydrogen-bond acceptors (Lipinski definition) is 8. The molecule has 4 aromatic carbocycles. The smallest absolute Gasteiger partial charge is 0.312 e. The van der Waals surface area contributed by atoms with Crippen molar-refractivity contribution in [2.75, 3.05) is 39.3 Å². The first-order valence-electron chi connectivity index (χ1n) is 32.5. The average molecular weight is 1310 g/mol. The Labute approximate surface area is 547 Å². The van der Waals surface area contributed by atoms with E-state index in [9.17, 15) is 56.5 Å². The SMILES string of the molecule is CCC(CC)(C(=O)O)[C@H](NC(=O)C(CC(C)C)n1cc(CCN2CC(F)C2)c(C)cc1=O)c1cc(-c2c(C)cc(F)cc2C)cc(C)c1F.Cc1cc(=O)n(C(CC(C)C)C(=O)N[C@@H](CC(=O)O)c2cc(-c3c(C)cc(F)cc3C)cc(C)c2F)cc1CCN1CC(F)C1. The lowest BCUT2D eigenvalue weighted by molar-refractivity contribution is -0.152. The summed E-state index contributed by atoms with van der Waals surface area (Å²) in [6.07, 6.45) is 2.93. The molecule has 4 heterocycles. The minimum absolute atomic E-state index is 0.00942. The second-order valence-corrected chi connectivity index (χ2v) is 26.9. The van der Waals surface area contributed by atoms with E-state index in [-0.39, 0.29) is 70.9 Å². The van der Waals surface area contributed by atoms with Crippen LogP contribution in [0.4, 0.5) is 26.3 Å². The largest absolute Gasteiger partial charge is 0.481 e. The average Bonchev–Trinajstić information content (AvgIpc) is 0.767. The zero-order chi connectivity index (χ0) is 69.5. The summed E-state index contributed by atoms with van der Waals surface area (Å²) in [5, 5.41) is 26.2. The molecule has 0 aliphatic carbocycles. The highest BCUT2D eigenvalue weighted by Crippen LogP contribution is 2.45. The van der Waals surface area contributed by atoms with Crippen LogP contribution < -0.4 is 21.8 Å². The lowest BCUT2D eigenvalue weighted by Gasteiger charge is -2.38. The molecule has 94 heavy (non-hydrogen) atoms. The first-order chi connectivity index (χ1) is 44.2. The van der Waals surface area contributed by atoms with Crippen molar-refractivity contribution >= 4 is 23.8 Å². The lowest BCUT2D eigenvalue weighted by atomic mass is 9.71. The molecule has 2 aromatic heterocycles. The zero-order valence-corrected chi connectivity index (χ0v) is 56.6. The Morgan fingerprint density at radius 2 is 0.904 bits per heavy atom. The highest BCUT2D eigenvalue weighted by atomic mass is 19.2. The van der Waals surface area contributed by atoms with Gasteiger partial charge in [0.2, 0.25) is 11.8 Å². The molecule has 0 saturated carbocycles. The number of aryl methyl sites for hydroxylation is 8. The van der Waals surface area contributed by atoms with Crippen molar-refractivity contribution in [3.05, 3.63) is 184 Å². The number of amides is 2. The second kappa shape index (κ2) is 31.1. The van der Waals surface area contributed by atoms with Gasteiger partial charge >= 0.3 is 11.9 Å². The van der Waals surface area contributed by atoms with E-state index >= 15 is 8.78 Å². The summed E-state index contributed by atoms with van der Waals surface area (Å²) in [6.45, 7) is 27.6. The van der Waals surface area contributed by atoms with E-state index in [1.54, 1.807) is 86.0 Å². The number of carboxylic acid groups (broad SMARTS) is 2. The van der Waals surface area contributed by atoms with Crippen molar-refractivity contribution in [2.45, 2.75) is 178 Å². The molecular formula is C74H92F6N6O8. The summed E-state index contributed by atoms with van der Waals surface area (Å²) in [6, 6.07) is 10.3. The summed E-state index contributed by atoms with van der Waals surface area (Å²) < 4.78 is 89.8. The van der Waals surface area contributed by atoms with E-state index in [0.717, 1.165) is 22.3 Å². The molecule has 2 aliphatic heterocycles. The topological polar surface area (TPSA) is 183 Å². The van der Waals surface area contributed by atoms with Crippen molar-refractivity contribution in [1.29, 1.82) is 0 Å². The van der Waals surface area contributed by atoms with Gasteiger partial charge < -0.3 is 30.0 Å². The number of halogens is 6. The van der Waals surface area contributed by atoms with E-state index < -0.39 is 95.4 Å². The molecular weight excluding hydrogens is 1210 g/mol. The van der Waals surface area contributed by atoms with E-state index in [1.807, 2.05) is 51.3 Å². The van der Waals surface area contributed by atoms with Crippen LogP contribution in [-0.2, 0) is 32.0 Å². The highest BCUT2D eigenvalue weighted by Gasteiger charge is 2.47. The summed E-state index contributed by atoms with van der Waals surface area (Å²) >= 11 is 0. The monoisotopic (exact) mass is 1310 g/mol. The molecule has 6 aromatic rings. The number of alkyl halides is 2. The summed E-state index contributed by atoms with van der Waals surface area (Å²) in [4.78, 5) is 84.2. The fraction of sp³-hybridized carbons (Fsp3) is 0.486. The maximum Gasteiger partial charge on any atom is 0.312 e. The molecule has 0 radical (unpaired) electrons. The highest BCUT2D eigenvalue weighted by molar-refractivity contribution is 5.84. The van der Waals surface area contributed by atoms with Crippen LogP contribution in [0.5, 0.6) is 0 Å². The number of benzene rings is 4. The third kappa shape index (κ3) is 17.2. The van der Waals surface area contributed by atoms with Gasteiger partial charge in [0, 0.05) is 74.9 Å². The molecule has 14 nitrogen and oxygen atoms in total. The number of aliphatic carboxylic acids is 2. The second-order valence-electron chi connectivity index (χ2n) is 26.9. The van der Waals surface area contributed by atoms with Crippen LogP contribution in [0.25, 0.3) is 22.3 Å². The molecule has 2 amide bonds. The Morgan fingerprint density at radius 3 is 1.26 bits per heavy atom. The Kier molecular flexibility index (Phi) is 24.4. The van der Waals surface area contributed by atoms with Crippen LogP contribution in [0, 0.1) is 95.9 Å². The van der Waals surface area contributed by atoms with Gasteiger partial charge in [-0.2, -0.15) is 0 Å². The van der Waals surface area contributed by atoms with E-state index in [0.29, 0.717) is 96.6 Å². The minimum Gasteiger partial charge on any atom is -0.481 e. The van der Waals surface area contributed by atoms with Gasteiger partial charge in [0.15, 0.2) is 0 Å². The molecule has 4 atom stereocenters. The first-order valence-corrected chi connectivity index (χ1v) is 32.5. The van der Waals surface area contributed by atoms with Gasteiger partial charge in [-0.05, 0) is 232 Å². The molecule has 0 bridgehead atoms. The number of pyridine rings is 2. The van der Waals surface area contributed by atoms with E-state index in [4.69, 9.17) is 0 Å². The molecule has 2 saturated heterocycles. The van der Waals surface area contributed by atoms with Gasteiger partial charge in [-0.1, -0.05) is 41.5 Å². The Bertz CT molecular complexity index is 3860. The Balaban J connectivity index is 0.000000267. The predicted octanol–water partition coefficient (Wildman–Crippen LogP) is 13.7. The number of nitrogens with zero attached hydrogens (tertiary/aromatic N) is 4. The maximum atomic E-state index is 16.3. The van der Waals surface area contributed by atoms with Crippen molar-refractivity contribution in [3.63, 3.8) is 0 Å². The van der Waals surface area contributed by atoms with Crippen molar-refractivity contribution in [3.8, 4) is 22.3 Å². The lowest BCUT2D eigenvalue weighted by Crippen LogP contribution is -2.49. The number of carbonyl (C=O) groups is 4. The molecule has 20 heteroatoms. The van der Waals surface area contributed by atoms with Crippen LogP contribution in [0.15, 0.2) is 82.6 Å². The van der Waals surface area contributed by atoms with Crippen LogP contribution in [0.2, 0.25) is 0 Å². The number of hydrogen-bond donors (Lipinski definition) is 4. The third-order valence-corrected chi connectivity index (χ3v) is 18.7. The van der Waals surface area contributed by atoms with Gasteiger partial charge in [-0.15, -0.1) is 0 Å². The fourth-order valence-corrected chi connectivity index (χ4v) is 13.5. The molecule has 2 unspecified atom stereocenters. The van der Waals surface area contributed by atoms with Gasteiger partial charge in [0.05, 0.1) is 23.9 Å². The zero-order valence-electron chi connectivity index (χ0n) is 56.6. The molecule has 508 valence electrons. The summed E-state index contributed by atoms with van der Waals surface area (Å²) in [7, 11) is 0. The fourth-order valence-electron chi connectivity index (χ4n) is 13.5. The normalized spacial score (nSPS) is 15.2. The number of nitrogens with one attached hydrogen (secondary N) is 2. The minimum atomic E-state index is -1.59. The van der Waals surface area contributed by atoms with E-state index in [1.165, 1.54) is 51.6 Å². The molecule has 2 fully saturated rings. The third-order valence-electron chi connectivity index (χ3n) is 18.7. The van der Waals surface area contributed by atoms with Crippen LogP contribution >= 0.6 is 0 Å². The van der Waals surface area contributed by atoms with E-state index in [2.05, 4.69) is 10.6 Å². The Morgan fingerprint density at radius 1 is 0.532 bits per heavy atom. The van der Waals surface area contributed by atoms with Crippen molar-refractivity contribution in [1.82, 2.24) is 29.6 Å². The number of rotatable bonds is 26. The predicted molar refractivity (Wildman–Crippen MR) is 355 cm³/mol. The molecule has 2 aliphatic rings. The number of likely N-dealkylation sites (tertiary alicyclic amines) is 2. The number of aromatic nitrogens is 2. The van der Waals surface area contributed by atoms with Gasteiger partial charge in [0.1, 0.15) is 47.7 Å². The van der Waals surface area contributed by atoms with Crippen LogP contribution in [0.3, 0.4) is 0 Å². The molecule has 0 spiro atoms. The van der Waals surface area contributed by atoms with Crippen molar-refractivity contribution < 1.29 is 55.7 Å². The number of carbonyl (C=O) groups excluding carboxylic acids is 2. The van der Waals surface area contributed by atoms with Crippen LogP contribution in [0.1, 0.15) is 165 Å². The summed E-state index contributed by atoms with van der Waals surface area (Å²) in [5.41, 5.74) is 6.44. The maximum absolute atomic E-state index is 16.3. The number of carboxylic acids is 2. The summed E-state index contributed by atoms with van der Waals surface area (Å²) in [5.74, 6) is -5.76. The standard InChI is InChI=1S/C39H50F3N3O4.C35H42F3N3O4/c1-9-39(10-2,38(48)49)36(31-18-28(14-26(8)35(31)42)34-24(6)15-29(40)16-25(34)7)43-37(47)32(13-22(3)4)45-19-27(23(5)17-33(45)46)11-12-44-20-30(41)21-44;1-19(2)9-30(41-16-24(20(3)13-31(41)42)7-8-40-17-27(37)18-40)35(45)39-29(15-32(43)44)28-14-25(10-23(6)34(28)38)33-21(4)11-26(36)12-22(33)5/h14-19,22,30,32,36H,9-13,20-21H2,1-8H3,(H,43,47)(H,48,49);10-14,16,19,27,29-30H,7-9,15,17-18H2,1-6H3,(H,39,45)(H,43,44)/t32?,36-;29-,30?/m10/s1. The Hall–Kier alpha value is -7.84. The molecule has 4 N–H and O–H groups in total. The van der Waals surface area contributed by atoms with Crippen molar-refractivity contribution in [2.24, 2.45) is 17.3 Å². The first kappa shape index (κ1) is 73.6. The van der Waals surface area contributed by atoms with Gasteiger partial charge in [0.25, 0.3) is 11.1 Å². The molecule has 8 rings (SSSR count). The van der Waals surface area contributed by atoms with Gasteiger partial charge in [-0.25, -0.2) is 26.3 Å². The quantitative estimate of drug-likeness (QED) is 0.0381. The van der Waals surface area contributed by atoms with Gasteiger partial charge in [-0.3, -0.25) is 38.6 Å².